The lowest BCUT2D eigenvalue weighted by Crippen LogP contribution is -2.50. The molecule has 13 heteroatoms. The number of hydrogen-bond acceptors (Lipinski definition) is 4. The van der Waals surface area contributed by atoms with Crippen molar-refractivity contribution in [3.8, 4) is 0 Å². The molecule has 2 N–H and O–H groups in total. The second-order valence-corrected chi connectivity index (χ2v) is 7.92. The molecule has 0 aliphatic carbocycles. The number of nitrogens with one attached hydrogen (secondary N) is 1. The second kappa shape index (κ2) is 12.6. The Labute approximate surface area is 192 Å². The molecule has 192 valence electrons. The fourth-order valence-electron chi connectivity index (χ4n) is 2.83. The fraction of sp³-hybridized carbons (Fsp3) is 0.571. The SMILES string of the molecule is CC(C)CCN(CC(=O)N1CCNCC1)C(=O)c1ccc(C(F)(F)F)cc1.O=C(O)C(F)(F)F. The first-order valence-corrected chi connectivity index (χ1v) is 10.4. The average molecular weight is 499 g/mol. The summed E-state index contributed by atoms with van der Waals surface area (Å²) in [6, 6.07) is 4.13. The summed E-state index contributed by atoms with van der Waals surface area (Å²) in [5.74, 6) is -2.98. The predicted octanol–water partition coefficient (Wildman–Crippen LogP) is 3.26. The van der Waals surface area contributed by atoms with Gasteiger partial charge in [-0.3, -0.25) is 9.59 Å². The number of carboxylic acids is 1. The highest BCUT2D eigenvalue weighted by molar-refractivity contribution is 5.96. The van der Waals surface area contributed by atoms with Gasteiger partial charge >= 0.3 is 18.3 Å². The lowest BCUT2D eigenvalue weighted by molar-refractivity contribution is -0.192. The highest BCUT2D eigenvalue weighted by Gasteiger charge is 2.38. The Hall–Kier alpha value is -2.83. The number of alkyl halides is 6. The molecule has 0 bridgehead atoms. The fourth-order valence-corrected chi connectivity index (χ4v) is 2.83. The van der Waals surface area contributed by atoms with E-state index in [4.69, 9.17) is 9.90 Å². The van der Waals surface area contributed by atoms with Crippen molar-refractivity contribution < 1.29 is 45.8 Å². The molecule has 1 aromatic rings. The molecule has 1 saturated heterocycles. The first kappa shape index (κ1) is 29.2. The monoisotopic (exact) mass is 499 g/mol. The first-order valence-electron chi connectivity index (χ1n) is 10.4. The van der Waals surface area contributed by atoms with Crippen molar-refractivity contribution in [2.45, 2.75) is 32.6 Å². The highest BCUT2D eigenvalue weighted by atomic mass is 19.4. The van der Waals surface area contributed by atoms with E-state index < -0.39 is 29.8 Å². The van der Waals surface area contributed by atoms with Gasteiger partial charge in [-0.2, -0.15) is 26.3 Å². The summed E-state index contributed by atoms with van der Waals surface area (Å²) in [5.41, 5.74) is -0.649. The molecule has 1 fully saturated rings. The van der Waals surface area contributed by atoms with Gasteiger partial charge in [0.1, 0.15) is 6.54 Å². The molecule has 2 amide bonds. The van der Waals surface area contributed by atoms with E-state index in [2.05, 4.69) is 5.32 Å². The Balaban J connectivity index is 0.000000718. The van der Waals surface area contributed by atoms with Gasteiger partial charge in [-0.1, -0.05) is 13.8 Å². The van der Waals surface area contributed by atoms with Gasteiger partial charge in [0.2, 0.25) is 5.91 Å². The Morgan fingerprint density at radius 3 is 1.94 bits per heavy atom. The maximum absolute atomic E-state index is 12.8. The Bertz CT molecular complexity index is 819. The van der Waals surface area contributed by atoms with Gasteiger partial charge in [0, 0.05) is 38.3 Å². The third-order valence-electron chi connectivity index (χ3n) is 4.76. The van der Waals surface area contributed by atoms with Crippen LogP contribution in [-0.4, -0.2) is 78.1 Å². The van der Waals surface area contributed by atoms with Crippen molar-refractivity contribution >= 4 is 17.8 Å². The number of carbonyl (C=O) groups is 3. The maximum Gasteiger partial charge on any atom is 0.490 e. The van der Waals surface area contributed by atoms with E-state index in [1.165, 1.54) is 17.0 Å². The van der Waals surface area contributed by atoms with E-state index >= 15 is 0 Å². The number of rotatable bonds is 6. The summed E-state index contributed by atoms with van der Waals surface area (Å²) in [5, 5.41) is 10.3. The van der Waals surface area contributed by atoms with Crippen molar-refractivity contribution in [2.75, 3.05) is 39.3 Å². The number of aliphatic carboxylic acids is 1. The van der Waals surface area contributed by atoms with Gasteiger partial charge in [0.05, 0.1) is 5.56 Å². The Morgan fingerprint density at radius 2 is 1.53 bits per heavy atom. The second-order valence-electron chi connectivity index (χ2n) is 7.92. The van der Waals surface area contributed by atoms with Gasteiger partial charge in [0.15, 0.2) is 0 Å². The van der Waals surface area contributed by atoms with Crippen molar-refractivity contribution in [1.82, 2.24) is 15.1 Å². The molecule has 1 aliphatic rings. The Morgan fingerprint density at radius 1 is 1.03 bits per heavy atom. The molecule has 0 unspecified atom stereocenters. The summed E-state index contributed by atoms with van der Waals surface area (Å²) >= 11 is 0. The van der Waals surface area contributed by atoms with Gasteiger partial charge in [-0.15, -0.1) is 0 Å². The highest BCUT2D eigenvalue weighted by Crippen LogP contribution is 2.29. The van der Waals surface area contributed by atoms with E-state index in [9.17, 15) is 35.9 Å². The zero-order chi connectivity index (χ0) is 26.1. The molecule has 1 heterocycles. The molecule has 1 aliphatic heterocycles. The lowest BCUT2D eigenvalue weighted by Gasteiger charge is -2.31. The standard InChI is InChI=1S/C19H26F3N3O2.C2HF3O2/c1-14(2)7-10-25(13-17(26)24-11-8-23-9-12-24)18(27)15-3-5-16(6-4-15)19(20,21)22;3-2(4,5)1(6)7/h3-6,14,23H,7-13H2,1-2H3;(H,6,7). The first-order chi connectivity index (χ1) is 15.6. The maximum atomic E-state index is 12.8. The average Bonchev–Trinajstić information content (AvgIpc) is 2.75. The van der Waals surface area contributed by atoms with E-state index in [1.54, 1.807) is 4.90 Å². The van der Waals surface area contributed by atoms with Crippen LogP contribution in [0.5, 0.6) is 0 Å². The Kier molecular flexibility index (Phi) is 10.8. The molecule has 0 saturated carbocycles. The number of hydrogen-bond donors (Lipinski definition) is 2. The predicted molar refractivity (Wildman–Crippen MR) is 110 cm³/mol. The number of benzene rings is 1. The van der Waals surface area contributed by atoms with Crippen LogP contribution in [0.1, 0.15) is 36.2 Å². The number of nitrogens with zero attached hydrogens (tertiary/aromatic N) is 2. The topological polar surface area (TPSA) is 90.0 Å². The van der Waals surface area contributed by atoms with Crippen LogP contribution >= 0.6 is 0 Å². The zero-order valence-corrected chi connectivity index (χ0v) is 18.7. The number of amides is 2. The quantitative estimate of drug-likeness (QED) is 0.587. The summed E-state index contributed by atoms with van der Waals surface area (Å²) < 4.78 is 69.9. The minimum absolute atomic E-state index is 0.0629. The summed E-state index contributed by atoms with van der Waals surface area (Å²) in [6.07, 6.45) is -8.82. The lowest BCUT2D eigenvalue weighted by atomic mass is 10.1. The van der Waals surface area contributed by atoms with Gasteiger partial charge in [-0.25, -0.2) is 4.79 Å². The third kappa shape index (κ3) is 9.98. The minimum Gasteiger partial charge on any atom is -0.475 e. The van der Waals surface area contributed by atoms with Crippen molar-refractivity contribution in [3.63, 3.8) is 0 Å². The van der Waals surface area contributed by atoms with Gasteiger partial charge in [0.25, 0.3) is 5.91 Å². The minimum atomic E-state index is -5.08. The molecule has 1 aromatic carbocycles. The van der Waals surface area contributed by atoms with Crippen LogP contribution in [0.4, 0.5) is 26.3 Å². The molecule has 0 spiro atoms. The van der Waals surface area contributed by atoms with Crippen LogP contribution in [0.2, 0.25) is 0 Å². The summed E-state index contributed by atoms with van der Waals surface area (Å²) in [4.78, 5) is 37.4. The number of piperazine rings is 1. The van der Waals surface area contributed by atoms with Crippen LogP contribution in [0, 0.1) is 5.92 Å². The van der Waals surface area contributed by atoms with Crippen LogP contribution in [0.3, 0.4) is 0 Å². The number of carboxylic acid groups (broad SMARTS) is 1. The molecule has 7 nitrogen and oxygen atoms in total. The van der Waals surface area contributed by atoms with E-state index in [1.807, 2.05) is 13.8 Å². The molecule has 0 radical (unpaired) electrons. The smallest absolute Gasteiger partial charge is 0.475 e. The zero-order valence-electron chi connectivity index (χ0n) is 18.7. The van der Waals surface area contributed by atoms with Crippen LogP contribution < -0.4 is 5.32 Å². The van der Waals surface area contributed by atoms with Crippen LogP contribution in [0.15, 0.2) is 24.3 Å². The molecule has 2 rings (SSSR count). The van der Waals surface area contributed by atoms with Crippen molar-refractivity contribution in [2.24, 2.45) is 5.92 Å². The van der Waals surface area contributed by atoms with E-state index in [0.29, 0.717) is 45.1 Å². The third-order valence-corrected chi connectivity index (χ3v) is 4.76. The molecule has 34 heavy (non-hydrogen) atoms. The van der Waals surface area contributed by atoms with Crippen LogP contribution in [-0.2, 0) is 15.8 Å². The van der Waals surface area contributed by atoms with E-state index in [-0.39, 0.29) is 18.0 Å². The van der Waals surface area contributed by atoms with Crippen molar-refractivity contribution in [1.29, 1.82) is 0 Å². The normalized spacial score (nSPS) is 14.3. The summed E-state index contributed by atoms with van der Waals surface area (Å²) in [7, 11) is 0. The van der Waals surface area contributed by atoms with Gasteiger partial charge in [-0.05, 0) is 36.6 Å². The molecular weight excluding hydrogens is 472 g/mol. The largest absolute Gasteiger partial charge is 0.490 e. The van der Waals surface area contributed by atoms with Crippen molar-refractivity contribution in [3.05, 3.63) is 35.4 Å². The number of halogens is 6. The van der Waals surface area contributed by atoms with Gasteiger partial charge < -0.3 is 20.2 Å². The number of carbonyl (C=O) groups excluding carboxylic acids is 2. The van der Waals surface area contributed by atoms with Crippen LogP contribution in [0.25, 0.3) is 0 Å². The molecular formula is C21H27F6N3O4. The molecule has 0 aromatic heterocycles. The van der Waals surface area contributed by atoms with E-state index in [0.717, 1.165) is 12.1 Å². The summed E-state index contributed by atoms with van der Waals surface area (Å²) in [6.45, 7) is 6.95. The molecule has 0 atom stereocenters.